The van der Waals surface area contributed by atoms with Crippen LogP contribution in [0.2, 0.25) is 0 Å². The molecule has 0 amide bonds. The van der Waals surface area contributed by atoms with Crippen molar-refractivity contribution in [3.8, 4) is 0 Å². The molecule has 0 atom stereocenters. The Bertz CT molecular complexity index is 316. The second-order valence-corrected chi connectivity index (χ2v) is 3.22. The van der Waals surface area contributed by atoms with E-state index >= 15 is 0 Å². The van der Waals surface area contributed by atoms with Gasteiger partial charge in [0.15, 0.2) is 0 Å². The Morgan fingerprint density at radius 2 is 2.00 bits per heavy atom. The lowest BCUT2D eigenvalue weighted by Crippen LogP contribution is -1.81. The molecular formula is C10H9FOS. The molecule has 1 rings (SSSR count). The van der Waals surface area contributed by atoms with Crippen molar-refractivity contribution in [2.24, 2.45) is 0 Å². The Balaban J connectivity index is 2.69. The third kappa shape index (κ3) is 3.42. The summed E-state index contributed by atoms with van der Waals surface area (Å²) in [4.78, 5) is 10.9. The zero-order valence-corrected chi connectivity index (χ0v) is 7.98. The van der Waals surface area contributed by atoms with E-state index in [2.05, 4.69) is 0 Å². The number of carbonyl (C=O) groups excluding carboxylic acids is 1. The van der Waals surface area contributed by atoms with Crippen LogP contribution in [0.3, 0.4) is 0 Å². The Kier molecular flexibility index (Phi) is 3.71. The molecule has 0 spiro atoms. The first-order valence-electron chi connectivity index (χ1n) is 3.74. The first-order valence-corrected chi connectivity index (χ1v) is 4.96. The van der Waals surface area contributed by atoms with Crippen molar-refractivity contribution in [3.05, 3.63) is 41.7 Å². The summed E-state index contributed by atoms with van der Waals surface area (Å²) in [6, 6.07) is 5.98. The lowest BCUT2D eigenvalue weighted by molar-refractivity contribution is -0.106. The highest BCUT2D eigenvalue weighted by molar-refractivity contribution is 8.13. The Morgan fingerprint density at radius 1 is 1.38 bits per heavy atom. The number of halogens is 1. The van der Waals surface area contributed by atoms with Gasteiger partial charge in [0.25, 0.3) is 0 Å². The molecule has 13 heavy (non-hydrogen) atoms. The molecule has 0 saturated carbocycles. The van der Waals surface area contributed by atoms with E-state index in [0.717, 1.165) is 17.3 Å². The first-order chi connectivity index (χ1) is 6.22. The predicted molar refractivity (Wildman–Crippen MR) is 54.0 cm³/mol. The Morgan fingerprint density at radius 3 is 2.54 bits per heavy atom. The van der Waals surface area contributed by atoms with Crippen molar-refractivity contribution in [1.82, 2.24) is 0 Å². The van der Waals surface area contributed by atoms with Crippen molar-refractivity contribution < 1.29 is 9.18 Å². The monoisotopic (exact) mass is 196 g/mol. The molecule has 0 saturated heterocycles. The van der Waals surface area contributed by atoms with E-state index in [-0.39, 0.29) is 10.9 Å². The molecule has 68 valence electrons. The lowest BCUT2D eigenvalue weighted by atomic mass is 10.2. The molecule has 1 aromatic carbocycles. The molecule has 0 radical (unpaired) electrons. The summed E-state index contributed by atoms with van der Waals surface area (Å²) in [5, 5.41) is -0.00988. The SMILES string of the molecule is CSC(=O)/C=C/c1ccc(F)cc1. The lowest BCUT2D eigenvalue weighted by Gasteiger charge is -1.91. The molecule has 0 aliphatic rings. The van der Waals surface area contributed by atoms with Crippen LogP contribution in [0.15, 0.2) is 30.3 Å². The van der Waals surface area contributed by atoms with Gasteiger partial charge in [-0.15, -0.1) is 0 Å². The minimum Gasteiger partial charge on any atom is -0.282 e. The van der Waals surface area contributed by atoms with Crippen LogP contribution in [0.25, 0.3) is 6.08 Å². The number of hydrogen-bond acceptors (Lipinski definition) is 2. The van der Waals surface area contributed by atoms with Crippen LogP contribution in [-0.2, 0) is 4.79 Å². The number of rotatable bonds is 2. The maximum absolute atomic E-state index is 12.5. The quantitative estimate of drug-likeness (QED) is 0.676. The zero-order chi connectivity index (χ0) is 9.68. The van der Waals surface area contributed by atoms with Crippen molar-refractivity contribution in [1.29, 1.82) is 0 Å². The van der Waals surface area contributed by atoms with Gasteiger partial charge in [0, 0.05) is 0 Å². The van der Waals surface area contributed by atoms with Crippen molar-refractivity contribution in [3.63, 3.8) is 0 Å². The summed E-state index contributed by atoms with van der Waals surface area (Å²) in [7, 11) is 0. The average molecular weight is 196 g/mol. The van der Waals surface area contributed by atoms with Crippen molar-refractivity contribution >= 4 is 23.0 Å². The van der Waals surface area contributed by atoms with Crippen molar-refractivity contribution in [2.45, 2.75) is 0 Å². The normalized spacial score (nSPS) is 10.6. The van der Waals surface area contributed by atoms with Crippen LogP contribution in [0.4, 0.5) is 4.39 Å². The number of benzene rings is 1. The molecule has 0 heterocycles. The third-order valence-electron chi connectivity index (χ3n) is 1.48. The van der Waals surface area contributed by atoms with E-state index < -0.39 is 0 Å². The first kappa shape index (κ1) is 9.99. The van der Waals surface area contributed by atoms with E-state index in [9.17, 15) is 9.18 Å². The third-order valence-corrected chi connectivity index (χ3v) is 2.02. The van der Waals surface area contributed by atoms with Crippen LogP contribution in [0.1, 0.15) is 5.56 Å². The van der Waals surface area contributed by atoms with Crippen LogP contribution in [0, 0.1) is 5.82 Å². The summed E-state index contributed by atoms with van der Waals surface area (Å²) in [6.07, 6.45) is 4.85. The van der Waals surface area contributed by atoms with Crippen LogP contribution >= 0.6 is 11.8 Å². The summed E-state index contributed by atoms with van der Waals surface area (Å²) >= 11 is 1.15. The topological polar surface area (TPSA) is 17.1 Å². The fourth-order valence-electron chi connectivity index (χ4n) is 0.806. The number of thioether (sulfide) groups is 1. The maximum Gasteiger partial charge on any atom is 0.211 e. The standard InChI is InChI=1S/C10H9FOS/c1-13-10(12)7-4-8-2-5-9(11)6-3-8/h2-7H,1H3/b7-4+. The fraction of sp³-hybridized carbons (Fsp3) is 0.100. The molecule has 1 nitrogen and oxygen atoms in total. The minimum absolute atomic E-state index is 0.00988. The molecule has 0 aliphatic carbocycles. The Hall–Kier alpha value is -1.09. The summed E-state index contributed by atoms with van der Waals surface area (Å²) < 4.78 is 12.5. The average Bonchev–Trinajstić information content (AvgIpc) is 2.16. The molecule has 0 unspecified atom stereocenters. The highest BCUT2D eigenvalue weighted by atomic mass is 32.2. The molecule has 1 aromatic rings. The van der Waals surface area contributed by atoms with Crippen LogP contribution in [0.5, 0.6) is 0 Å². The van der Waals surface area contributed by atoms with Crippen molar-refractivity contribution in [2.75, 3.05) is 6.26 Å². The fourth-order valence-corrected chi connectivity index (χ4v) is 1.01. The van der Waals surface area contributed by atoms with Crippen LogP contribution in [-0.4, -0.2) is 11.4 Å². The van der Waals surface area contributed by atoms with Gasteiger partial charge < -0.3 is 0 Å². The summed E-state index contributed by atoms with van der Waals surface area (Å²) in [6.45, 7) is 0. The molecule has 0 aromatic heterocycles. The minimum atomic E-state index is -0.270. The van der Waals surface area contributed by atoms with Crippen LogP contribution < -0.4 is 0 Å². The highest BCUT2D eigenvalue weighted by Crippen LogP contribution is 2.06. The zero-order valence-electron chi connectivity index (χ0n) is 7.16. The Labute approximate surface area is 80.7 Å². The number of carbonyl (C=O) groups is 1. The second kappa shape index (κ2) is 4.82. The molecule has 0 N–H and O–H groups in total. The molecule has 0 fully saturated rings. The molecule has 0 bridgehead atoms. The number of hydrogen-bond donors (Lipinski definition) is 0. The summed E-state index contributed by atoms with van der Waals surface area (Å²) in [5.74, 6) is -0.270. The predicted octanol–water partition coefficient (Wildman–Crippen LogP) is 2.73. The van der Waals surface area contributed by atoms with Gasteiger partial charge in [-0.2, -0.15) is 0 Å². The highest BCUT2D eigenvalue weighted by Gasteiger charge is 1.91. The van der Waals surface area contributed by atoms with Gasteiger partial charge in [-0.05, 0) is 30.0 Å². The van der Waals surface area contributed by atoms with E-state index in [1.54, 1.807) is 24.5 Å². The molecule has 3 heteroatoms. The van der Waals surface area contributed by atoms with Gasteiger partial charge in [0.1, 0.15) is 5.82 Å². The maximum atomic E-state index is 12.5. The van der Waals surface area contributed by atoms with Gasteiger partial charge in [-0.25, -0.2) is 4.39 Å². The largest absolute Gasteiger partial charge is 0.282 e. The molecule has 0 aliphatic heterocycles. The van der Waals surface area contributed by atoms with Gasteiger partial charge in [0.05, 0.1) is 0 Å². The second-order valence-electron chi connectivity index (χ2n) is 2.41. The van der Waals surface area contributed by atoms with E-state index in [4.69, 9.17) is 0 Å². The van der Waals surface area contributed by atoms with Gasteiger partial charge in [0.2, 0.25) is 5.12 Å². The van der Waals surface area contributed by atoms with E-state index in [0.29, 0.717) is 0 Å². The van der Waals surface area contributed by atoms with Gasteiger partial charge >= 0.3 is 0 Å². The smallest absolute Gasteiger partial charge is 0.211 e. The molecular weight excluding hydrogens is 187 g/mol. The summed E-state index contributed by atoms with van der Waals surface area (Å²) in [5.41, 5.74) is 0.823. The van der Waals surface area contributed by atoms with Gasteiger partial charge in [-0.3, -0.25) is 4.79 Å². The van der Waals surface area contributed by atoms with E-state index in [1.807, 2.05) is 0 Å². The van der Waals surface area contributed by atoms with E-state index in [1.165, 1.54) is 18.2 Å². The van der Waals surface area contributed by atoms with Gasteiger partial charge in [-0.1, -0.05) is 30.0 Å².